The average Bonchev–Trinajstić information content (AvgIpc) is 2.88. The molecule has 1 saturated heterocycles. The van der Waals surface area contributed by atoms with Crippen LogP contribution in [-0.2, 0) is 4.79 Å². The fourth-order valence-electron chi connectivity index (χ4n) is 2.90. The van der Waals surface area contributed by atoms with Crippen molar-refractivity contribution >= 4 is 17.6 Å². The van der Waals surface area contributed by atoms with Gasteiger partial charge in [-0.05, 0) is 49.6 Å². The molecule has 2 rings (SSSR count). The van der Waals surface area contributed by atoms with Crippen LogP contribution in [0.15, 0.2) is 18.2 Å². The van der Waals surface area contributed by atoms with Gasteiger partial charge in [0.2, 0.25) is 5.91 Å². The van der Waals surface area contributed by atoms with Gasteiger partial charge in [0.25, 0.3) is 0 Å². The zero-order valence-electron chi connectivity index (χ0n) is 12.7. The highest BCUT2D eigenvalue weighted by Gasteiger charge is 2.43. The summed E-state index contributed by atoms with van der Waals surface area (Å²) in [5.41, 5.74) is 1.16. The van der Waals surface area contributed by atoms with Gasteiger partial charge in [0.1, 0.15) is 0 Å². The highest BCUT2D eigenvalue weighted by Crippen LogP contribution is 2.35. The Morgan fingerprint density at radius 3 is 2.57 bits per heavy atom. The molecule has 1 aliphatic rings. The Kier molecular flexibility index (Phi) is 4.32. The van der Waals surface area contributed by atoms with Crippen LogP contribution in [0.5, 0.6) is 0 Å². The summed E-state index contributed by atoms with van der Waals surface area (Å²) in [7, 11) is 0. The first kappa shape index (κ1) is 15.5. The minimum atomic E-state index is -0.955. The van der Waals surface area contributed by atoms with E-state index < -0.39 is 5.97 Å². The molecule has 0 spiro atoms. The lowest BCUT2D eigenvalue weighted by Gasteiger charge is -2.31. The van der Waals surface area contributed by atoms with Gasteiger partial charge in [-0.25, -0.2) is 4.79 Å². The minimum absolute atomic E-state index is 0.00461. The number of carbonyl (C=O) groups excluding carboxylic acids is 1. The lowest BCUT2D eigenvalue weighted by Crippen LogP contribution is -2.42. The molecule has 1 aliphatic heterocycles. The van der Waals surface area contributed by atoms with E-state index in [4.69, 9.17) is 5.11 Å². The van der Waals surface area contributed by atoms with Crippen LogP contribution in [0.25, 0.3) is 0 Å². The number of carbonyl (C=O) groups is 2. The largest absolute Gasteiger partial charge is 0.478 e. The molecule has 1 amide bonds. The lowest BCUT2D eigenvalue weighted by molar-refractivity contribution is -0.126. The van der Waals surface area contributed by atoms with Crippen molar-refractivity contribution in [3.8, 4) is 0 Å². The Morgan fingerprint density at radius 1 is 1.38 bits per heavy atom. The third-order valence-corrected chi connectivity index (χ3v) is 4.46. The van der Waals surface area contributed by atoms with E-state index >= 15 is 0 Å². The van der Waals surface area contributed by atoms with Crippen molar-refractivity contribution < 1.29 is 14.7 Å². The van der Waals surface area contributed by atoms with Gasteiger partial charge in [-0.2, -0.15) is 0 Å². The zero-order chi connectivity index (χ0) is 15.6. The maximum atomic E-state index is 12.6. The number of rotatable bonds is 4. The monoisotopic (exact) mass is 290 g/mol. The van der Waals surface area contributed by atoms with Crippen LogP contribution in [-0.4, -0.2) is 30.1 Å². The number of nitrogens with one attached hydrogen (secondary N) is 2. The first-order chi connectivity index (χ1) is 9.86. The van der Waals surface area contributed by atoms with Crippen molar-refractivity contribution in [3.63, 3.8) is 0 Å². The fourth-order valence-corrected chi connectivity index (χ4v) is 2.90. The molecule has 5 nitrogen and oxygen atoms in total. The molecule has 1 aromatic rings. The lowest BCUT2D eigenvalue weighted by atomic mass is 9.75. The second-order valence-electron chi connectivity index (χ2n) is 6.03. The Bertz CT molecular complexity index is 561. The third kappa shape index (κ3) is 2.93. The highest BCUT2D eigenvalue weighted by molar-refractivity contribution is 5.97. The molecular weight excluding hydrogens is 268 g/mol. The van der Waals surface area contributed by atoms with Crippen LogP contribution in [0.3, 0.4) is 0 Å². The Morgan fingerprint density at radius 2 is 2.10 bits per heavy atom. The van der Waals surface area contributed by atoms with E-state index in [0.717, 1.165) is 13.0 Å². The van der Waals surface area contributed by atoms with Gasteiger partial charge in [0, 0.05) is 12.2 Å². The summed E-state index contributed by atoms with van der Waals surface area (Å²) in [4.78, 5) is 23.6. The van der Waals surface area contributed by atoms with Crippen molar-refractivity contribution in [1.29, 1.82) is 0 Å². The Balaban J connectivity index is 2.19. The van der Waals surface area contributed by atoms with Gasteiger partial charge in [0.15, 0.2) is 0 Å². The molecule has 1 heterocycles. The summed E-state index contributed by atoms with van der Waals surface area (Å²) in [5, 5.41) is 15.2. The molecule has 0 bridgehead atoms. The van der Waals surface area contributed by atoms with Gasteiger partial charge in [0.05, 0.1) is 11.0 Å². The predicted molar refractivity (Wildman–Crippen MR) is 81.5 cm³/mol. The van der Waals surface area contributed by atoms with Crippen LogP contribution < -0.4 is 10.6 Å². The van der Waals surface area contributed by atoms with Crippen LogP contribution >= 0.6 is 0 Å². The highest BCUT2D eigenvalue weighted by atomic mass is 16.4. The van der Waals surface area contributed by atoms with E-state index in [0.29, 0.717) is 17.8 Å². The topological polar surface area (TPSA) is 78.4 Å². The van der Waals surface area contributed by atoms with E-state index in [1.54, 1.807) is 19.1 Å². The molecule has 1 unspecified atom stereocenters. The van der Waals surface area contributed by atoms with Gasteiger partial charge < -0.3 is 15.7 Å². The molecule has 1 aromatic carbocycles. The first-order valence-corrected chi connectivity index (χ1v) is 7.23. The molecule has 0 radical (unpaired) electrons. The third-order valence-electron chi connectivity index (χ3n) is 4.46. The Labute approximate surface area is 124 Å². The number of aromatic carboxylic acids is 1. The Hall–Kier alpha value is -1.88. The van der Waals surface area contributed by atoms with Crippen LogP contribution in [0.1, 0.15) is 36.2 Å². The van der Waals surface area contributed by atoms with Gasteiger partial charge in [-0.15, -0.1) is 0 Å². The van der Waals surface area contributed by atoms with Crippen molar-refractivity contribution in [1.82, 2.24) is 5.32 Å². The van der Waals surface area contributed by atoms with Crippen LogP contribution in [0.4, 0.5) is 5.69 Å². The molecule has 21 heavy (non-hydrogen) atoms. The second-order valence-corrected chi connectivity index (χ2v) is 6.03. The molecule has 114 valence electrons. The average molecular weight is 290 g/mol. The molecule has 1 fully saturated rings. The van der Waals surface area contributed by atoms with E-state index in [1.807, 2.05) is 0 Å². The van der Waals surface area contributed by atoms with Gasteiger partial charge in [-0.3, -0.25) is 4.79 Å². The SMILES string of the molecule is Cc1cc(NC(=O)C2(C(C)C)CCNC2)ccc1C(=O)O. The zero-order valence-corrected chi connectivity index (χ0v) is 12.7. The van der Waals surface area contributed by atoms with Gasteiger partial charge >= 0.3 is 5.97 Å². The number of anilines is 1. The first-order valence-electron chi connectivity index (χ1n) is 7.23. The maximum absolute atomic E-state index is 12.6. The quantitative estimate of drug-likeness (QED) is 0.795. The summed E-state index contributed by atoms with van der Waals surface area (Å²) in [6, 6.07) is 4.88. The van der Waals surface area contributed by atoms with Crippen LogP contribution in [0, 0.1) is 18.3 Å². The summed E-state index contributed by atoms with van der Waals surface area (Å²) in [5.74, 6) is -0.708. The van der Waals surface area contributed by atoms with Crippen molar-refractivity contribution in [2.75, 3.05) is 18.4 Å². The molecule has 0 saturated carbocycles. The van der Waals surface area contributed by atoms with Crippen LogP contribution in [0.2, 0.25) is 0 Å². The van der Waals surface area contributed by atoms with E-state index in [9.17, 15) is 9.59 Å². The summed E-state index contributed by atoms with van der Waals surface area (Å²) >= 11 is 0. The fraction of sp³-hybridized carbons (Fsp3) is 0.500. The van der Waals surface area contributed by atoms with E-state index in [-0.39, 0.29) is 22.8 Å². The molecule has 3 N–H and O–H groups in total. The number of carboxylic acids is 1. The standard InChI is InChI=1S/C16H22N2O3/c1-10(2)16(6-7-17-9-16)15(21)18-12-4-5-13(14(19)20)11(3)8-12/h4-5,8,10,17H,6-7,9H2,1-3H3,(H,18,21)(H,19,20). The van der Waals surface area contributed by atoms with Gasteiger partial charge in [-0.1, -0.05) is 13.8 Å². The number of carboxylic acid groups (broad SMARTS) is 1. The number of benzene rings is 1. The summed E-state index contributed by atoms with van der Waals surface area (Å²) < 4.78 is 0. The molecule has 5 heteroatoms. The molecule has 1 atom stereocenters. The number of amides is 1. The number of hydrogen-bond donors (Lipinski definition) is 3. The number of aryl methyl sites for hydroxylation is 1. The van der Waals surface area contributed by atoms with Crippen molar-refractivity contribution in [2.24, 2.45) is 11.3 Å². The maximum Gasteiger partial charge on any atom is 0.335 e. The number of hydrogen-bond acceptors (Lipinski definition) is 3. The molecule has 0 aromatic heterocycles. The predicted octanol–water partition coefficient (Wildman–Crippen LogP) is 2.27. The normalized spacial score (nSPS) is 21.5. The smallest absolute Gasteiger partial charge is 0.335 e. The van der Waals surface area contributed by atoms with Crippen molar-refractivity contribution in [3.05, 3.63) is 29.3 Å². The van der Waals surface area contributed by atoms with E-state index in [2.05, 4.69) is 24.5 Å². The molecular formula is C16H22N2O3. The molecule has 0 aliphatic carbocycles. The minimum Gasteiger partial charge on any atom is -0.478 e. The summed E-state index contributed by atoms with van der Waals surface area (Å²) in [6.45, 7) is 7.39. The van der Waals surface area contributed by atoms with E-state index in [1.165, 1.54) is 6.07 Å². The van der Waals surface area contributed by atoms with Crippen molar-refractivity contribution in [2.45, 2.75) is 27.2 Å². The second kappa shape index (κ2) is 5.85. The summed E-state index contributed by atoms with van der Waals surface area (Å²) in [6.07, 6.45) is 0.822.